The molecular formula is C21H28N4O2. The van der Waals surface area contributed by atoms with Crippen LogP contribution in [0.15, 0.2) is 30.3 Å². The summed E-state index contributed by atoms with van der Waals surface area (Å²) in [4.78, 5) is 25.1. The third kappa shape index (κ3) is 4.04. The highest BCUT2D eigenvalue weighted by molar-refractivity contribution is 5.98. The fraction of sp³-hybridized carbons (Fsp3) is 0.476. The summed E-state index contributed by atoms with van der Waals surface area (Å²) in [5, 5.41) is 10.2. The van der Waals surface area contributed by atoms with Crippen molar-refractivity contribution < 1.29 is 9.59 Å². The Morgan fingerprint density at radius 3 is 2.63 bits per heavy atom. The van der Waals surface area contributed by atoms with Crippen LogP contribution in [0, 0.1) is 12.8 Å². The van der Waals surface area contributed by atoms with Gasteiger partial charge in [0.05, 0.1) is 6.04 Å². The van der Waals surface area contributed by atoms with Crippen LogP contribution >= 0.6 is 0 Å². The van der Waals surface area contributed by atoms with Gasteiger partial charge in [0.2, 0.25) is 0 Å². The summed E-state index contributed by atoms with van der Waals surface area (Å²) in [6, 6.07) is 9.71. The van der Waals surface area contributed by atoms with Crippen LogP contribution < -0.4 is 10.6 Å². The molecule has 144 valence electrons. The van der Waals surface area contributed by atoms with Gasteiger partial charge in [-0.1, -0.05) is 43.2 Å². The molecule has 2 aromatic rings. The van der Waals surface area contributed by atoms with E-state index in [1.807, 2.05) is 32.0 Å². The van der Waals surface area contributed by atoms with E-state index in [1.165, 1.54) is 0 Å². The minimum atomic E-state index is -0.298. The highest BCUT2D eigenvalue weighted by Gasteiger charge is 2.28. The molecule has 2 amide bonds. The standard InChI is InChI=1S/C21H28N4O2/c1-13-7-5-9-16(11-13)15(3)25-19(12-18(24-25)20(26)22-4)21(27)23-17-10-6-8-14(17)2/h5,7,9,11-12,14-15,17H,6,8,10H2,1-4H3,(H,22,26)(H,23,27). The van der Waals surface area contributed by atoms with Gasteiger partial charge in [0, 0.05) is 19.2 Å². The Kier molecular flexibility index (Phi) is 5.63. The van der Waals surface area contributed by atoms with Gasteiger partial charge in [-0.05, 0) is 38.2 Å². The van der Waals surface area contributed by atoms with Gasteiger partial charge in [0.25, 0.3) is 11.8 Å². The number of benzene rings is 1. The van der Waals surface area contributed by atoms with E-state index in [0.717, 1.165) is 30.4 Å². The maximum atomic E-state index is 13.0. The van der Waals surface area contributed by atoms with Gasteiger partial charge in [-0.15, -0.1) is 0 Å². The van der Waals surface area contributed by atoms with E-state index < -0.39 is 0 Å². The van der Waals surface area contributed by atoms with Crippen molar-refractivity contribution in [3.63, 3.8) is 0 Å². The molecular weight excluding hydrogens is 340 g/mol. The van der Waals surface area contributed by atoms with Gasteiger partial charge in [-0.2, -0.15) is 5.10 Å². The molecule has 3 rings (SSSR count). The van der Waals surface area contributed by atoms with Crippen LogP contribution in [0.4, 0.5) is 0 Å². The lowest BCUT2D eigenvalue weighted by Crippen LogP contribution is -2.37. The van der Waals surface area contributed by atoms with Crippen molar-refractivity contribution in [3.05, 3.63) is 52.8 Å². The van der Waals surface area contributed by atoms with Crippen LogP contribution in [0.1, 0.15) is 71.3 Å². The Morgan fingerprint density at radius 1 is 1.22 bits per heavy atom. The summed E-state index contributed by atoms with van der Waals surface area (Å²) < 4.78 is 1.66. The first-order valence-corrected chi connectivity index (χ1v) is 9.59. The first-order chi connectivity index (χ1) is 12.9. The second-order valence-corrected chi connectivity index (χ2v) is 7.52. The van der Waals surface area contributed by atoms with Gasteiger partial charge in [0.1, 0.15) is 5.69 Å². The molecule has 6 nitrogen and oxygen atoms in total. The third-order valence-corrected chi connectivity index (χ3v) is 5.50. The molecule has 0 radical (unpaired) electrons. The Bertz CT molecular complexity index is 842. The maximum Gasteiger partial charge on any atom is 0.271 e. The average Bonchev–Trinajstić information content (AvgIpc) is 3.27. The number of aryl methyl sites for hydroxylation is 1. The van der Waals surface area contributed by atoms with Gasteiger partial charge in [-0.3, -0.25) is 14.3 Å². The fourth-order valence-electron chi connectivity index (χ4n) is 3.77. The minimum absolute atomic E-state index is 0.162. The lowest BCUT2D eigenvalue weighted by atomic mass is 10.1. The summed E-state index contributed by atoms with van der Waals surface area (Å²) >= 11 is 0. The number of aromatic nitrogens is 2. The predicted octanol–water partition coefficient (Wildman–Crippen LogP) is 3.08. The van der Waals surface area contributed by atoms with Crippen LogP contribution in [0.3, 0.4) is 0 Å². The molecule has 1 fully saturated rings. The van der Waals surface area contributed by atoms with E-state index in [-0.39, 0.29) is 29.6 Å². The zero-order valence-corrected chi connectivity index (χ0v) is 16.5. The number of carbonyl (C=O) groups is 2. The van der Waals surface area contributed by atoms with Crippen LogP contribution in [0.2, 0.25) is 0 Å². The van der Waals surface area contributed by atoms with Gasteiger partial charge in [0.15, 0.2) is 5.69 Å². The first-order valence-electron chi connectivity index (χ1n) is 9.59. The van der Waals surface area contributed by atoms with Gasteiger partial charge >= 0.3 is 0 Å². The van der Waals surface area contributed by atoms with E-state index >= 15 is 0 Å². The minimum Gasteiger partial charge on any atom is -0.354 e. The number of amides is 2. The van der Waals surface area contributed by atoms with Crippen molar-refractivity contribution >= 4 is 11.8 Å². The molecule has 1 aliphatic carbocycles. The topological polar surface area (TPSA) is 76.0 Å². The van der Waals surface area contributed by atoms with E-state index in [0.29, 0.717) is 11.6 Å². The number of rotatable bonds is 5. The SMILES string of the molecule is CNC(=O)c1cc(C(=O)NC2CCCC2C)n(C(C)c2cccc(C)c2)n1. The van der Waals surface area contributed by atoms with Crippen LogP contribution in [-0.4, -0.2) is 34.7 Å². The molecule has 1 aliphatic rings. The molecule has 1 saturated carbocycles. The molecule has 1 aromatic carbocycles. The smallest absolute Gasteiger partial charge is 0.271 e. The second kappa shape index (κ2) is 7.94. The quantitative estimate of drug-likeness (QED) is 0.851. The van der Waals surface area contributed by atoms with Crippen molar-refractivity contribution in [1.29, 1.82) is 0 Å². The summed E-state index contributed by atoms with van der Waals surface area (Å²) in [6.45, 7) is 6.19. The molecule has 0 bridgehead atoms. The number of nitrogens with zero attached hydrogens (tertiary/aromatic N) is 2. The van der Waals surface area contributed by atoms with E-state index in [2.05, 4.69) is 28.7 Å². The number of carbonyl (C=O) groups excluding carboxylic acids is 2. The average molecular weight is 368 g/mol. The van der Waals surface area contributed by atoms with Gasteiger partial charge < -0.3 is 10.6 Å². The van der Waals surface area contributed by atoms with Crippen LogP contribution in [0.5, 0.6) is 0 Å². The molecule has 0 saturated heterocycles. The molecule has 3 unspecified atom stereocenters. The molecule has 6 heteroatoms. The summed E-state index contributed by atoms with van der Waals surface area (Å²) in [6.07, 6.45) is 3.26. The van der Waals surface area contributed by atoms with E-state index in [9.17, 15) is 9.59 Å². The Labute approximate surface area is 160 Å². The largest absolute Gasteiger partial charge is 0.354 e. The van der Waals surface area contributed by atoms with Gasteiger partial charge in [-0.25, -0.2) is 0 Å². The van der Waals surface area contributed by atoms with E-state index in [4.69, 9.17) is 0 Å². The molecule has 27 heavy (non-hydrogen) atoms. The zero-order chi connectivity index (χ0) is 19.6. The van der Waals surface area contributed by atoms with Crippen molar-refractivity contribution in [2.45, 2.75) is 52.1 Å². The normalized spacial score (nSPS) is 20.3. The monoisotopic (exact) mass is 368 g/mol. The molecule has 0 aliphatic heterocycles. The highest BCUT2D eigenvalue weighted by Crippen LogP contribution is 2.26. The summed E-state index contributed by atoms with van der Waals surface area (Å²) in [7, 11) is 1.56. The zero-order valence-electron chi connectivity index (χ0n) is 16.5. The van der Waals surface area contributed by atoms with Crippen molar-refractivity contribution in [1.82, 2.24) is 20.4 Å². The molecule has 0 spiro atoms. The Balaban J connectivity index is 1.95. The number of nitrogens with one attached hydrogen (secondary N) is 2. The molecule has 2 N–H and O–H groups in total. The highest BCUT2D eigenvalue weighted by atomic mass is 16.2. The first kappa shape index (κ1) is 19.1. The van der Waals surface area contributed by atoms with E-state index in [1.54, 1.807) is 17.8 Å². The maximum absolute atomic E-state index is 13.0. The Hall–Kier alpha value is -2.63. The molecule has 3 atom stereocenters. The lowest BCUT2D eigenvalue weighted by Gasteiger charge is -2.20. The lowest BCUT2D eigenvalue weighted by molar-refractivity contribution is 0.0916. The molecule has 1 heterocycles. The van der Waals surface area contributed by atoms with Crippen molar-refractivity contribution in [2.75, 3.05) is 7.05 Å². The van der Waals surface area contributed by atoms with Crippen molar-refractivity contribution in [3.8, 4) is 0 Å². The summed E-state index contributed by atoms with van der Waals surface area (Å²) in [5.41, 5.74) is 2.86. The number of hydrogen-bond acceptors (Lipinski definition) is 3. The Morgan fingerprint density at radius 2 is 2.00 bits per heavy atom. The molecule has 1 aromatic heterocycles. The van der Waals surface area contributed by atoms with Crippen LogP contribution in [0.25, 0.3) is 0 Å². The van der Waals surface area contributed by atoms with Crippen LogP contribution in [-0.2, 0) is 0 Å². The predicted molar refractivity (Wildman–Crippen MR) is 105 cm³/mol. The fourth-order valence-corrected chi connectivity index (χ4v) is 3.77. The van der Waals surface area contributed by atoms with Crippen molar-refractivity contribution in [2.24, 2.45) is 5.92 Å². The third-order valence-electron chi connectivity index (χ3n) is 5.50. The second-order valence-electron chi connectivity index (χ2n) is 7.52. The number of hydrogen-bond donors (Lipinski definition) is 2. The summed E-state index contributed by atoms with van der Waals surface area (Å²) in [5.74, 6) is 0.00214.